The van der Waals surface area contributed by atoms with E-state index in [1.54, 1.807) is 37.8 Å². The minimum absolute atomic E-state index is 0.0992. The Labute approximate surface area is 110 Å². The van der Waals surface area contributed by atoms with E-state index in [1.165, 1.54) is 7.11 Å². The molecule has 0 aliphatic heterocycles. The summed E-state index contributed by atoms with van der Waals surface area (Å²) in [6.45, 7) is 0. The molecule has 0 bridgehead atoms. The summed E-state index contributed by atoms with van der Waals surface area (Å²) < 4.78 is 9.68. The summed E-state index contributed by atoms with van der Waals surface area (Å²) in [7, 11) is 2.84. The van der Waals surface area contributed by atoms with E-state index >= 15 is 0 Å². The van der Waals surface area contributed by atoms with E-state index in [2.05, 4.69) is 14.7 Å². The van der Waals surface area contributed by atoms with Crippen LogP contribution in [0.3, 0.4) is 0 Å². The normalized spacial score (nSPS) is 10.0. The van der Waals surface area contributed by atoms with Crippen molar-refractivity contribution in [1.29, 1.82) is 0 Å². The van der Waals surface area contributed by atoms with Gasteiger partial charge in [-0.2, -0.15) is 0 Å². The van der Waals surface area contributed by atoms with Crippen LogP contribution < -0.4 is 10.5 Å². The summed E-state index contributed by atoms with van der Waals surface area (Å²) in [5, 5.41) is 0. The Hall–Kier alpha value is -2.63. The zero-order valence-corrected chi connectivity index (χ0v) is 10.6. The molecule has 0 aromatic carbocycles. The first kappa shape index (κ1) is 12.8. The molecular formula is C13H13N3O3. The average Bonchev–Trinajstić information content (AvgIpc) is 2.46. The van der Waals surface area contributed by atoms with Gasteiger partial charge in [-0.25, -0.2) is 9.78 Å². The van der Waals surface area contributed by atoms with E-state index in [9.17, 15) is 4.79 Å². The largest absolute Gasteiger partial charge is 0.495 e. The third-order valence-electron chi connectivity index (χ3n) is 2.58. The van der Waals surface area contributed by atoms with Crippen LogP contribution >= 0.6 is 0 Å². The summed E-state index contributed by atoms with van der Waals surface area (Å²) in [5.74, 6) is 0.0703. The number of carbonyl (C=O) groups is 1. The molecule has 0 aliphatic carbocycles. The summed E-state index contributed by atoms with van der Waals surface area (Å²) in [6.07, 6.45) is 4.80. The van der Waals surface area contributed by atoms with Crippen molar-refractivity contribution in [3.05, 3.63) is 36.4 Å². The first-order valence-electron chi connectivity index (χ1n) is 5.49. The van der Waals surface area contributed by atoms with Crippen LogP contribution in [0.15, 0.2) is 30.7 Å². The lowest BCUT2D eigenvalue weighted by molar-refractivity contribution is 0.0595. The van der Waals surface area contributed by atoms with Gasteiger partial charge in [0.1, 0.15) is 5.75 Å². The van der Waals surface area contributed by atoms with Gasteiger partial charge < -0.3 is 15.2 Å². The highest BCUT2D eigenvalue weighted by Gasteiger charge is 2.13. The molecule has 0 radical (unpaired) electrons. The van der Waals surface area contributed by atoms with E-state index in [4.69, 9.17) is 10.5 Å². The standard InChI is InChI=1S/C13H13N3O3/c1-18-10-3-8(5-15-7-10)9-4-11(14)12(16-6-9)13(17)19-2/h3-7H,14H2,1-2H3. The Balaban J connectivity index is 2.41. The lowest BCUT2D eigenvalue weighted by Gasteiger charge is -2.07. The maximum atomic E-state index is 11.4. The van der Waals surface area contributed by atoms with Crippen LogP contribution in [0.25, 0.3) is 11.1 Å². The Kier molecular flexibility index (Phi) is 3.61. The van der Waals surface area contributed by atoms with Gasteiger partial charge in [0.15, 0.2) is 5.69 Å². The molecule has 2 aromatic heterocycles. The molecule has 0 atom stereocenters. The first-order chi connectivity index (χ1) is 9.15. The lowest BCUT2D eigenvalue weighted by atomic mass is 10.1. The second-order valence-electron chi connectivity index (χ2n) is 3.77. The predicted molar refractivity (Wildman–Crippen MR) is 69.8 cm³/mol. The molecule has 2 heterocycles. The summed E-state index contributed by atoms with van der Waals surface area (Å²) >= 11 is 0. The Morgan fingerprint density at radius 1 is 1.16 bits per heavy atom. The van der Waals surface area contributed by atoms with Crippen molar-refractivity contribution >= 4 is 11.7 Å². The number of rotatable bonds is 3. The second kappa shape index (κ2) is 5.34. The van der Waals surface area contributed by atoms with Gasteiger partial charge in [-0.15, -0.1) is 0 Å². The third kappa shape index (κ3) is 2.62. The Morgan fingerprint density at radius 2 is 1.89 bits per heavy atom. The minimum atomic E-state index is -0.562. The maximum Gasteiger partial charge on any atom is 0.358 e. The minimum Gasteiger partial charge on any atom is -0.495 e. The van der Waals surface area contributed by atoms with E-state index in [-0.39, 0.29) is 11.4 Å². The number of hydrogen-bond acceptors (Lipinski definition) is 6. The Morgan fingerprint density at radius 3 is 2.53 bits per heavy atom. The van der Waals surface area contributed by atoms with Crippen molar-refractivity contribution in [1.82, 2.24) is 9.97 Å². The fourth-order valence-electron chi connectivity index (χ4n) is 1.60. The number of carbonyl (C=O) groups excluding carboxylic acids is 1. The average molecular weight is 259 g/mol. The van der Waals surface area contributed by atoms with Crippen molar-refractivity contribution < 1.29 is 14.3 Å². The quantitative estimate of drug-likeness (QED) is 0.841. The van der Waals surface area contributed by atoms with Gasteiger partial charge in [0.2, 0.25) is 0 Å². The molecule has 0 aliphatic rings. The molecule has 0 fully saturated rings. The molecule has 98 valence electrons. The number of hydrogen-bond donors (Lipinski definition) is 1. The van der Waals surface area contributed by atoms with E-state index < -0.39 is 5.97 Å². The lowest BCUT2D eigenvalue weighted by Crippen LogP contribution is -2.08. The van der Waals surface area contributed by atoms with E-state index in [0.29, 0.717) is 5.75 Å². The van der Waals surface area contributed by atoms with Crippen LogP contribution in [0.2, 0.25) is 0 Å². The highest BCUT2D eigenvalue weighted by Crippen LogP contribution is 2.24. The van der Waals surface area contributed by atoms with Crippen molar-refractivity contribution in [3.8, 4) is 16.9 Å². The fourth-order valence-corrected chi connectivity index (χ4v) is 1.60. The number of nitrogen functional groups attached to an aromatic ring is 1. The van der Waals surface area contributed by atoms with Crippen molar-refractivity contribution in [3.63, 3.8) is 0 Å². The summed E-state index contributed by atoms with van der Waals surface area (Å²) in [5.41, 5.74) is 7.69. The number of methoxy groups -OCH3 is 2. The molecule has 0 saturated heterocycles. The molecule has 6 heteroatoms. The van der Waals surface area contributed by atoms with E-state index in [0.717, 1.165) is 11.1 Å². The number of pyridine rings is 2. The van der Waals surface area contributed by atoms with Crippen LogP contribution in [0.4, 0.5) is 5.69 Å². The molecule has 2 N–H and O–H groups in total. The molecular weight excluding hydrogens is 246 g/mol. The SMILES string of the molecule is COC(=O)c1ncc(-c2cncc(OC)c2)cc1N. The highest BCUT2D eigenvalue weighted by atomic mass is 16.5. The van der Waals surface area contributed by atoms with Crippen LogP contribution in [0, 0.1) is 0 Å². The van der Waals surface area contributed by atoms with Crippen molar-refractivity contribution in [2.75, 3.05) is 20.0 Å². The number of ether oxygens (including phenoxy) is 2. The van der Waals surface area contributed by atoms with Crippen LogP contribution in [0.5, 0.6) is 5.75 Å². The molecule has 0 unspecified atom stereocenters. The van der Waals surface area contributed by atoms with E-state index in [1.807, 2.05) is 0 Å². The zero-order chi connectivity index (χ0) is 13.8. The maximum absolute atomic E-state index is 11.4. The molecule has 0 amide bonds. The predicted octanol–water partition coefficient (Wildman–Crippen LogP) is 1.52. The first-order valence-corrected chi connectivity index (χ1v) is 5.49. The van der Waals surface area contributed by atoms with Gasteiger partial charge in [0.25, 0.3) is 0 Å². The second-order valence-corrected chi connectivity index (χ2v) is 3.77. The number of nitrogens with two attached hydrogens (primary N) is 1. The van der Waals surface area contributed by atoms with Crippen LogP contribution in [-0.2, 0) is 4.74 Å². The number of anilines is 1. The Bertz CT molecular complexity index is 614. The monoisotopic (exact) mass is 259 g/mol. The molecule has 0 saturated carbocycles. The summed E-state index contributed by atoms with van der Waals surface area (Å²) in [6, 6.07) is 3.46. The molecule has 2 rings (SSSR count). The molecule has 2 aromatic rings. The number of aromatic nitrogens is 2. The van der Waals surface area contributed by atoms with Crippen LogP contribution in [-0.4, -0.2) is 30.2 Å². The van der Waals surface area contributed by atoms with Crippen molar-refractivity contribution in [2.45, 2.75) is 0 Å². The van der Waals surface area contributed by atoms with Gasteiger partial charge in [0.05, 0.1) is 26.1 Å². The molecule has 6 nitrogen and oxygen atoms in total. The smallest absolute Gasteiger partial charge is 0.358 e. The number of nitrogens with zero attached hydrogens (tertiary/aromatic N) is 2. The molecule has 0 spiro atoms. The summed E-state index contributed by atoms with van der Waals surface area (Å²) in [4.78, 5) is 19.4. The van der Waals surface area contributed by atoms with Gasteiger partial charge in [-0.1, -0.05) is 0 Å². The molecule has 19 heavy (non-hydrogen) atoms. The topological polar surface area (TPSA) is 87.3 Å². The highest BCUT2D eigenvalue weighted by molar-refractivity contribution is 5.93. The number of esters is 1. The zero-order valence-electron chi connectivity index (χ0n) is 10.6. The van der Waals surface area contributed by atoms with Gasteiger partial charge in [-0.05, 0) is 12.1 Å². The van der Waals surface area contributed by atoms with Crippen molar-refractivity contribution in [2.24, 2.45) is 0 Å². The fraction of sp³-hybridized carbons (Fsp3) is 0.154. The third-order valence-corrected chi connectivity index (χ3v) is 2.58. The van der Waals surface area contributed by atoms with Gasteiger partial charge in [-0.3, -0.25) is 4.98 Å². The van der Waals surface area contributed by atoms with Gasteiger partial charge in [0, 0.05) is 23.5 Å². The van der Waals surface area contributed by atoms with Crippen LogP contribution in [0.1, 0.15) is 10.5 Å². The van der Waals surface area contributed by atoms with Gasteiger partial charge >= 0.3 is 5.97 Å².